The summed E-state index contributed by atoms with van der Waals surface area (Å²) in [5.74, 6) is 0.222. The van der Waals surface area contributed by atoms with Gasteiger partial charge in [-0.25, -0.2) is 0 Å². The molecule has 2 fully saturated rings. The summed E-state index contributed by atoms with van der Waals surface area (Å²) < 4.78 is 10.8. The van der Waals surface area contributed by atoms with Crippen LogP contribution in [0.5, 0.6) is 0 Å². The maximum absolute atomic E-state index is 12.4. The summed E-state index contributed by atoms with van der Waals surface area (Å²) >= 11 is 4.96. The third-order valence-corrected chi connectivity index (χ3v) is 4.87. The van der Waals surface area contributed by atoms with Gasteiger partial charge < -0.3 is 19.5 Å². The molecule has 1 saturated carbocycles. The molecule has 5 nitrogen and oxygen atoms in total. The van der Waals surface area contributed by atoms with Crippen molar-refractivity contribution in [2.24, 2.45) is 11.3 Å². The van der Waals surface area contributed by atoms with Crippen LogP contribution >= 0.6 is 12.2 Å². The molecule has 1 atom stereocenters. The zero-order valence-corrected chi connectivity index (χ0v) is 12.3. The Hall–Kier alpha value is -1.66. The number of fused-ring (bicyclic) bond motifs is 1. The van der Waals surface area contributed by atoms with Gasteiger partial charge in [-0.3, -0.25) is 4.79 Å². The van der Waals surface area contributed by atoms with Crippen molar-refractivity contribution in [2.75, 3.05) is 18.5 Å². The van der Waals surface area contributed by atoms with Gasteiger partial charge in [0.1, 0.15) is 0 Å². The molecule has 2 N–H and O–H groups in total. The lowest BCUT2D eigenvalue weighted by Crippen LogP contribution is -2.24. The fraction of sp³-hybridized carbons (Fsp3) is 0.467. The average molecular weight is 304 g/mol. The molecule has 1 saturated heterocycles. The van der Waals surface area contributed by atoms with E-state index in [1.54, 1.807) is 6.07 Å². The molecule has 4 rings (SSSR count). The number of aromatic nitrogens is 1. The van der Waals surface area contributed by atoms with E-state index in [4.69, 9.17) is 21.4 Å². The van der Waals surface area contributed by atoms with Gasteiger partial charge in [0.2, 0.25) is 5.91 Å². The number of hydrogen-bond donors (Lipinski definition) is 2. The molecule has 1 aliphatic heterocycles. The molecule has 1 aliphatic carbocycles. The zero-order valence-electron chi connectivity index (χ0n) is 11.5. The molecule has 6 heteroatoms. The highest BCUT2D eigenvalue weighted by Crippen LogP contribution is 2.59. The van der Waals surface area contributed by atoms with Gasteiger partial charge in [-0.15, -0.1) is 0 Å². The first-order valence-corrected chi connectivity index (χ1v) is 7.59. The number of aromatic amines is 1. The molecule has 2 aliphatic rings. The van der Waals surface area contributed by atoms with Crippen LogP contribution in [0, 0.1) is 16.2 Å². The first kappa shape index (κ1) is 13.0. The second-order valence-corrected chi connectivity index (χ2v) is 6.32. The molecular weight excluding hydrogens is 288 g/mol. The van der Waals surface area contributed by atoms with E-state index in [0.717, 1.165) is 43.7 Å². The third kappa shape index (κ3) is 2.28. The highest BCUT2D eigenvalue weighted by atomic mass is 32.1. The molecule has 21 heavy (non-hydrogen) atoms. The first-order valence-electron chi connectivity index (χ1n) is 7.18. The highest BCUT2D eigenvalue weighted by Gasteiger charge is 2.57. The summed E-state index contributed by atoms with van der Waals surface area (Å²) in [6.45, 7) is 1.55. The minimum absolute atomic E-state index is 0.102. The number of benzene rings is 1. The van der Waals surface area contributed by atoms with Gasteiger partial charge in [0.15, 0.2) is 5.58 Å². The van der Waals surface area contributed by atoms with Crippen molar-refractivity contribution in [1.82, 2.24) is 4.98 Å². The minimum Gasteiger partial charge on any atom is -0.429 e. The average Bonchev–Trinajstić information content (AvgIpc) is 3.02. The summed E-state index contributed by atoms with van der Waals surface area (Å²) in [6.07, 6.45) is 2.97. The predicted octanol–water partition coefficient (Wildman–Crippen LogP) is 3.25. The summed E-state index contributed by atoms with van der Waals surface area (Å²) in [7, 11) is 0. The Balaban J connectivity index is 1.49. The van der Waals surface area contributed by atoms with Crippen molar-refractivity contribution >= 4 is 34.9 Å². The van der Waals surface area contributed by atoms with Crippen LogP contribution in [-0.2, 0) is 9.53 Å². The number of carbonyl (C=O) groups is 1. The molecule has 0 bridgehead atoms. The van der Waals surface area contributed by atoms with Crippen LogP contribution < -0.4 is 5.32 Å². The quantitative estimate of drug-likeness (QED) is 0.836. The van der Waals surface area contributed by atoms with E-state index in [0.29, 0.717) is 10.4 Å². The molecule has 0 unspecified atom stereocenters. The van der Waals surface area contributed by atoms with Crippen LogP contribution in [0.25, 0.3) is 11.1 Å². The molecular formula is C15H16N2O3S. The van der Waals surface area contributed by atoms with Crippen LogP contribution in [0.15, 0.2) is 22.6 Å². The molecule has 1 amide bonds. The lowest BCUT2D eigenvalue weighted by Gasteiger charge is -2.22. The van der Waals surface area contributed by atoms with Crippen LogP contribution in [0.2, 0.25) is 0 Å². The van der Waals surface area contributed by atoms with Crippen LogP contribution in [-0.4, -0.2) is 24.1 Å². The van der Waals surface area contributed by atoms with Gasteiger partial charge in [-0.05, 0) is 49.0 Å². The molecule has 2 heterocycles. The number of oxazole rings is 1. The number of H-pyrrole nitrogens is 1. The summed E-state index contributed by atoms with van der Waals surface area (Å²) in [4.78, 5) is 15.7. The largest absolute Gasteiger partial charge is 0.429 e. The number of anilines is 1. The normalized spacial score (nSPS) is 23.3. The van der Waals surface area contributed by atoms with Crippen molar-refractivity contribution < 1.29 is 13.9 Å². The SMILES string of the molecule is O=C(Nc1ccc2[nH]c(=S)oc2c1)[C@@H]1CC12CCOCC2. The molecule has 1 aromatic carbocycles. The van der Waals surface area contributed by atoms with E-state index in [9.17, 15) is 4.79 Å². The van der Waals surface area contributed by atoms with Crippen LogP contribution in [0.4, 0.5) is 5.69 Å². The van der Waals surface area contributed by atoms with Crippen molar-refractivity contribution in [2.45, 2.75) is 19.3 Å². The molecule has 0 radical (unpaired) electrons. The number of rotatable bonds is 2. The van der Waals surface area contributed by atoms with Crippen LogP contribution in [0.1, 0.15) is 19.3 Å². The van der Waals surface area contributed by atoms with Gasteiger partial charge in [0, 0.05) is 30.9 Å². The maximum Gasteiger partial charge on any atom is 0.266 e. The predicted molar refractivity (Wildman–Crippen MR) is 80.6 cm³/mol. The lowest BCUT2D eigenvalue weighted by molar-refractivity contribution is -0.118. The lowest BCUT2D eigenvalue weighted by atomic mass is 9.93. The van der Waals surface area contributed by atoms with Crippen molar-refractivity contribution in [3.05, 3.63) is 23.0 Å². The fourth-order valence-electron chi connectivity index (χ4n) is 3.30. The Labute approximate surface area is 126 Å². The molecule has 2 aromatic rings. The molecule has 110 valence electrons. The topological polar surface area (TPSA) is 67.3 Å². The Morgan fingerprint density at radius 3 is 3.00 bits per heavy atom. The van der Waals surface area contributed by atoms with Crippen molar-refractivity contribution in [1.29, 1.82) is 0 Å². The van der Waals surface area contributed by atoms with Gasteiger partial charge in [-0.2, -0.15) is 0 Å². The molecule has 1 aromatic heterocycles. The standard InChI is InChI=1S/C15H16N2O3S/c18-13(10-8-15(10)3-5-19-6-4-15)16-9-1-2-11-12(7-9)20-14(21)17-11/h1-2,7,10H,3-6,8H2,(H,16,18)(H,17,21)/t10-/m0/s1. The zero-order chi connectivity index (χ0) is 14.4. The Morgan fingerprint density at radius 1 is 1.38 bits per heavy atom. The number of carbonyl (C=O) groups excluding carboxylic acids is 1. The van der Waals surface area contributed by atoms with E-state index < -0.39 is 0 Å². The second kappa shape index (κ2) is 4.68. The van der Waals surface area contributed by atoms with E-state index in [2.05, 4.69) is 10.3 Å². The fourth-order valence-corrected chi connectivity index (χ4v) is 3.50. The summed E-state index contributed by atoms with van der Waals surface area (Å²) in [6, 6.07) is 5.53. The van der Waals surface area contributed by atoms with Crippen molar-refractivity contribution in [3.63, 3.8) is 0 Å². The number of ether oxygens (including phenoxy) is 1. The Bertz CT molecular complexity index is 758. The first-order chi connectivity index (χ1) is 10.2. The van der Waals surface area contributed by atoms with Crippen LogP contribution in [0.3, 0.4) is 0 Å². The highest BCUT2D eigenvalue weighted by molar-refractivity contribution is 7.71. The van der Waals surface area contributed by atoms with Gasteiger partial charge >= 0.3 is 0 Å². The van der Waals surface area contributed by atoms with E-state index >= 15 is 0 Å². The number of nitrogens with one attached hydrogen (secondary N) is 2. The van der Waals surface area contributed by atoms with Gasteiger partial charge in [0.25, 0.3) is 4.84 Å². The smallest absolute Gasteiger partial charge is 0.266 e. The number of amides is 1. The van der Waals surface area contributed by atoms with Crippen molar-refractivity contribution in [3.8, 4) is 0 Å². The molecule has 1 spiro atoms. The van der Waals surface area contributed by atoms with Gasteiger partial charge in [-0.1, -0.05) is 0 Å². The summed E-state index contributed by atoms with van der Waals surface area (Å²) in [5, 5.41) is 2.99. The Kier molecular flexibility index (Phi) is 2.90. The Morgan fingerprint density at radius 2 is 2.19 bits per heavy atom. The van der Waals surface area contributed by atoms with Gasteiger partial charge in [0.05, 0.1) is 5.52 Å². The maximum atomic E-state index is 12.4. The minimum atomic E-state index is 0.102. The second-order valence-electron chi connectivity index (χ2n) is 5.95. The summed E-state index contributed by atoms with van der Waals surface area (Å²) in [5.41, 5.74) is 2.44. The third-order valence-electron chi connectivity index (χ3n) is 4.68. The number of hydrogen-bond acceptors (Lipinski definition) is 4. The van der Waals surface area contributed by atoms with E-state index in [1.807, 2.05) is 12.1 Å². The van der Waals surface area contributed by atoms with E-state index in [-0.39, 0.29) is 17.2 Å². The van der Waals surface area contributed by atoms with E-state index in [1.165, 1.54) is 0 Å². The monoisotopic (exact) mass is 304 g/mol.